The first-order valence-corrected chi connectivity index (χ1v) is 1.24. The first-order chi connectivity index (χ1) is 2.27. The Labute approximate surface area is 30.4 Å². The fourth-order valence-electron chi connectivity index (χ4n) is 0. The average Bonchev–Trinajstić information content (AvgIpc) is 1.38. The van der Waals surface area contributed by atoms with Gasteiger partial charge in [0.1, 0.15) is 12.4 Å². The van der Waals surface area contributed by atoms with E-state index in [1.807, 2.05) is 0 Å². The van der Waals surface area contributed by atoms with E-state index in [9.17, 15) is 4.79 Å². The zero-order valence-electron chi connectivity index (χ0n) is 2.72. The summed E-state index contributed by atoms with van der Waals surface area (Å²) in [5, 5.41) is 7.88. The quantitative estimate of drug-likeness (QED) is 0.420. The van der Waals surface area contributed by atoms with Gasteiger partial charge in [0, 0.05) is 0 Å². The number of aliphatic hydroxyl groups excluding tert-OH is 1. The van der Waals surface area contributed by atoms with Crippen molar-refractivity contribution in [3.05, 3.63) is 6.92 Å². The second-order valence-electron chi connectivity index (χ2n) is 0.703. The zero-order chi connectivity index (χ0) is 4.28. The molecule has 0 aromatic rings. The third kappa shape index (κ3) is 3.63. The molecule has 0 bridgehead atoms. The highest BCUT2D eigenvalue weighted by molar-refractivity contribution is 5.56. The first kappa shape index (κ1) is 4.63. The van der Waals surface area contributed by atoms with Gasteiger partial charge in [0.05, 0.1) is 0 Å². The molecule has 1 N–H and O–H groups in total. The maximum Gasteiger partial charge on any atom is 0.148 e. The molecule has 0 unspecified atom stereocenters. The van der Waals surface area contributed by atoms with Crippen LogP contribution in [0.5, 0.6) is 0 Å². The number of aldehydes is 1. The van der Waals surface area contributed by atoms with E-state index < -0.39 is 6.10 Å². The second-order valence-corrected chi connectivity index (χ2v) is 0.703. The molecule has 0 aromatic heterocycles. The van der Waals surface area contributed by atoms with Gasteiger partial charge in [-0.3, -0.25) is 0 Å². The lowest BCUT2D eigenvalue weighted by Gasteiger charge is -1.79. The summed E-state index contributed by atoms with van der Waals surface area (Å²) in [6, 6.07) is 0. The van der Waals surface area contributed by atoms with E-state index in [1.54, 1.807) is 0 Å². The minimum absolute atomic E-state index is 0.361. The first-order valence-electron chi connectivity index (χ1n) is 1.24. The van der Waals surface area contributed by atoms with Gasteiger partial charge in [0.25, 0.3) is 0 Å². The maximum absolute atomic E-state index is 9.19. The van der Waals surface area contributed by atoms with Crippen LogP contribution in [0.1, 0.15) is 0 Å². The van der Waals surface area contributed by atoms with Crippen molar-refractivity contribution in [3.63, 3.8) is 0 Å². The summed E-state index contributed by atoms with van der Waals surface area (Å²) in [6.07, 6.45) is -0.685. The van der Waals surface area contributed by atoms with E-state index >= 15 is 0 Å². The zero-order valence-corrected chi connectivity index (χ0v) is 2.72. The van der Waals surface area contributed by atoms with Gasteiger partial charge in [-0.25, -0.2) is 0 Å². The van der Waals surface area contributed by atoms with Crippen LogP contribution in [0.4, 0.5) is 0 Å². The third-order valence-electron chi connectivity index (χ3n) is 0.157. The van der Waals surface area contributed by atoms with Gasteiger partial charge in [-0.05, 0) is 6.92 Å². The van der Waals surface area contributed by atoms with E-state index in [0.717, 1.165) is 0 Å². The van der Waals surface area contributed by atoms with E-state index in [1.165, 1.54) is 0 Å². The van der Waals surface area contributed by atoms with Crippen LogP contribution < -0.4 is 0 Å². The van der Waals surface area contributed by atoms with Gasteiger partial charge in [-0.1, -0.05) is 0 Å². The lowest BCUT2D eigenvalue weighted by molar-refractivity contribution is -0.113. The molecule has 0 aliphatic rings. The summed E-state index contributed by atoms with van der Waals surface area (Å²) >= 11 is 0. The summed E-state index contributed by atoms with van der Waals surface area (Å²) in [5.41, 5.74) is 0. The molecule has 1 atom stereocenters. The van der Waals surface area contributed by atoms with Crippen molar-refractivity contribution in [2.45, 2.75) is 6.10 Å². The average molecular weight is 73.1 g/mol. The number of rotatable bonds is 1. The van der Waals surface area contributed by atoms with Crippen LogP contribution in [0, 0.1) is 6.92 Å². The highest BCUT2D eigenvalue weighted by Crippen LogP contribution is 1.61. The fourth-order valence-corrected chi connectivity index (χ4v) is 0. The predicted molar refractivity (Wildman–Crippen MR) is 17.4 cm³/mol. The van der Waals surface area contributed by atoms with Gasteiger partial charge >= 0.3 is 0 Å². The molecule has 2 nitrogen and oxygen atoms in total. The van der Waals surface area contributed by atoms with Crippen LogP contribution >= 0.6 is 0 Å². The van der Waals surface area contributed by atoms with Crippen molar-refractivity contribution in [3.8, 4) is 0 Å². The van der Waals surface area contributed by atoms with E-state index in [0.29, 0.717) is 6.29 Å². The third-order valence-corrected chi connectivity index (χ3v) is 0.157. The Morgan fingerprint density at radius 3 is 2.20 bits per heavy atom. The Morgan fingerprint density at radius 1 is 2.00 bits per heavy atom. The van der Waals surface area contributed by atoms with E-state index in [4.69, 9.17) is 5.11 Å². The van der Waals surface area contributed by atoms with Crippen molar-refractivity contribution < 1.29 is 9.90 Å². The van der Waals surface area contributed by atoms with Gasteiger partial charge < -0.3 is 9.90 Å². The summed E-state index contributed by atoms with van der Waals surface area (Å²) in [5.74, 6) is 0. The van der Waals surface area contributed by atoms with Crippen molar-refractivity contribution in [1.29, 1.82) is 0 Å². The number of carbonyl (C=O) groups is 1. The lowest BCUT2D eigenvalue weighted by Crippen LogP contribution is -1.98. The monoisotopic (exact) mass is 73.0 g/mol. The largest absolute Gasteiger partial charge is 0.386 e. The number of aliphatic hydroxyl groups is 1. The van der Waals surface area contributed by atoms with Crippen LogP contribution in [0.3, 0.4) is 0 Å². The molecule has 2 heteroatoms. The Bertz CT molecular complexity index is 31.9. The predicted octanol–water partition coefficient (Wildman–Crippen LogP) is -0.620. The normalized spacial score (nSPS) is 14.0. The van der Waals surface area contributed by atoms with Crippen molar-refractivity contribution in [2.75, 3.05) is 0 Å². The van der Waals surface area contributed by atoms with Crippen LogP contribution in [0.2, 0.25) is 0 Å². The minimum atomic E-state index is -1.05. The van der Waals surface area contributed by atoms with Crippen molar-refractivity contribution in [1.82, 2.24) is 0 Å². The number of carbonyl (C=O) groups excluding carboxylic acids is 1. The molecular weight excluding hydrogens is 68.0 g/mol. The van der Waals surface area contributed by atoms with E-state index in [-0.39, 0.29) is 0 Å². The molecule has 29 valence electrons. The molecule has 0 saturated heterocycles. The van der Waals surface area contributed by atoms with Crippen molar-refractivity contribution >= 4 is 6.29 Å². The Morgan fingerprint density at radius 2 is 2.20 bits per heavy atom. The summed E-state index contributed by atoms with van der Waals surface area (Å²) in [6.45, 7) is 2.94. The Balaban J connectivity index is 2.83. The fraction of sp³-hybridized carbons (Fsp3) is 0.333. The van der Waals surface area contributed by atoms with Crippen molar-refractivity contribution in [2.24, 2.45) is 0 Å². The summed E-state index contributed by atoms with van der Waals surface area (Å²) in [4.78, 5) is 9.19. The smallest absolute Gasteiger partial charge is 0.148 e. The van der Waals surface area contributed by atoms with Crippen LogP contribution in [0.15, 0.2) is 0 Å². The highest BCUT2D eigenvalue weighted by atomic mass is 16.3. The molecule has 0 spiro atoms. The maximum atomic E-state index is 9.19. The molecule has 0 aliphatic carbocycles. The van der Waals surface area contributed by atoms with Gasteiger partial charge in [-0.2, -0.15) is 0 Å². The Hall–Kier alpha value is -0.370. The second kappa shape index (κ2) is 1.91. The molecular formula is C3H5O2. The van der Waals surface area contributed by atoms with Gasteiger partial charge in [0.2, 0.25) is 0 Å². The number of hydrogen-bond donors (Lipinski definition) is 1. The Kier molecular flexibility index (Phi) is 1.76. The molecule has 0 aromatic carbocycles. The summed E-state index contributed by atoms with van der Waals surface area (Å²) in [7, 11) is 0. The molecule has 0 aliphatic heterocycles. The van der Waals surface area contributed by atoms with Gasteiger partial charge in [0.15, 0.2) is 0 Å². The molecule has 0 rings (SSSR count). The SMILES string of the molecule is [CH2][C@H](O)C=O. The minimum Gasteiger partial charge on any atom is -0.386 e. The van der Waals surface area contributed by atoms with Gasteiger partial charge in [-0.15, -0.1) is 0 Å². The number of hydrogen-bond acceptors (Lipinski definition) is 2. The lowest BCUT2D eigenvalue weighted by atomic mass is 10.5. The van der Waals surface area contributed by atoms with Crippen LogP contribution in [0.25, 0.3) is 0 Å². The van der Waals surface area contributed by atoms with Crippen LogP contribution in [-0.2, 0) is 4.79 Å². The molecule has 0 saturated carbocycles. The molecule has 0 fully saturated rings. The highest BCUT2D eigenvalue weighted by Gasteiger charge is 1.81. The molecule has 0 heterocycles. The van der Waals surface area contributed by atoms with E-state index in [2.05, 4.69) is 6.92 Å². The standard InChI is InChI=1S/C3H5O2/c1-3(5)2-4/h2-3,5H,1H2/t3-/m0/s1. The molecule has 0 amide bonds. The molecule has 1 radical (unpaired) electrons. The van der Waals surface area contributed by atoms with Crippen LogP contribution in [-0.4, -0.2) is 17.5 Å². The summed E-state index contributed by atoms with van der Waals surface area (Å²) < 4.78 is 0. The molecule has 5 heavy (non-hydrogen) atoms. The topological polar surface area (TPSA) is 37.3 Å².